The molecule has 4 fully saturated rings. The maximum atomic E-state index is 11.6. The van der Waals surface area contributed by atoms with E-state index in [0.29, 0.717) is 76.3 Å². The van der Waals surface area contributed by atoms with Gasteiger partial charge in [0, 0.05) is 97.4 Å². The SMILES string of the molecule is CCCc1cnc(Cl)nc1.CCCc1cnc(N2C3CCC2CC(COc2ncc(-c4ccc(S(C)(=O)=O)cc4)cn2)C3)nc1.CS(=O)(=O)c1ccc(-c2cnc(OCC3CC4CCC(C3)N4)nc2)cc1. The van der Waals surface area contributed by atoms with E-state index in [1.54, 1.807) is 85.7 Å². The molecule has 0 aliphatic carbocycles. The lowest BCUT2D eigenvalue weighted by Crippen LogP contribution is -2.45. The number of fused-ring (bicyclic) bond motifs is 4. The van der Waals surface area contributed by atoms with Crippen LogP contribution in [0.25, 0.3) is 22.3 Å². The summed E-state index contributed by atoms with van der Waals surface area (Å²) in [5.41, 5.74) is 5.72. The molecule has 4 aliphatic heterocycles. The number of hydrogen-bond donors (Lipinski definition) is 1. The van der Waals surface area contributed by atoms with Crippen molar-refractivity contribution in [1.82, 2.24) is 45.2 Å². The monoisotopic (exact) mass is 1020 g/mol. The fourth-order valence-electron chi connectivity index (χ4n) is 9.97. The zero-order chi connectivity index (χ0) is 50.0. The minimum absolute atomic E-state index is 0.294. The molecule has 4 saturated heterocycles. The molecule has 376 valence electrons. The molecule has 4 aromatic heterocycles. The average molecular weight is 1020 g/mol. The van der Waals surface area contributed by atoms with Gasteiger partial charge in [0.2, 0.25) is 11.2 Å². The van der Waals surface area contributed by atoms with E-state index in [1.807, 2.05) is 12.4 Å². The molecule has 8 heterocycles. The van der Waals surface area contributed by atoms with Gasteiger partial charge in [-0.3, -0.25) is 0 Å². The number of nitrogens with zero attached hydrogens (tertiary/aromatic N) is 9. The topological polar surface area (TPSA) is 205 Å². The van der Waals surface area contributed by atoms with Crippen LogP contribution in [0.2, 0.25) is 5.28 Å². The normalized spacial score (nSPS) is 21.3. The second-order valence-electron chi connectivity index (χ2n) is 19.1. The number of halogens is 1. The van der Waals surface area contributed by atoms with E-state index in [1.165, 1.54) is 56.6 Å². The van der Waals surface area contributed by atoms with Crippen molar-refractivity contribution in [2.45, 2.75) is 125 Å². The molecule has 4 aliphatic rings. The van der Waals surface area contributed by atoms with E-state index in [4.69, 9.17) is 21.1 Å². The number of aryl methyl sites for hydroxylation is 2. The number of aromatic nitrogens is 8. The van der Waals surface area contributed by atoms with E-state index in [9.17, 15) is 16.8 Å². The molecule has 4 bridgehead atoms. The van der Waals surface area contributed by atoms with Gasteiger partial charge in [-0.2, -0.15) is 0 Å². The molecule has 4 atom stereocenters. The molecule has 6 aromatic rings. The molecule has 10 rings (SSSR count). The van der Waals surface area contributed by atoms with E-state index < -0.39 is 19.7 Å². The first-order valence-electron chi connectivity index (χ1n) is 24.5. The number of ether oxygens (including phenoxy) is 2. The summed E-state index contributed by atoms with van der Waals surface area (Å²) in [6.07, 6.45) is 30.3. The van der Waals surface area contributed by atoms with Crippen LogP contribution in [0.3, 0.4) is 0 Å². The number of nitrogens with one attached hydrogen (secondary N) is 1. The molecule has 71 heavy (non-hydrogen) atoms. The van der Waals surface area contributed by atoms with Gasteiger partial charge in [0.25, 0.3) is 0 Å². The molecule has 19 heteroatoms. The van der Waals surface area contributed by atoms with Gasteiger partial charge >= 0.3 is 12.0 Å². The quantitative estimate of drug-likeness (QED) is 0.0956. The first-order valence-corrected chi connectivity index (χ1v) is 28.7. The minimum atomic E-state index is -3.21. The number of hydrogen-bond acceptors (Lipinski definition) is 16. The number of sulfone groups is 2. The van der Waals surface area contributed by atoms with Crippen LogP contribution < -0.4 is 19.7 Å². The fourth-order valence-corrected chi connectivity index (χ4v) is 11.3. The summed E-state index contributed by atoms with van der Waals surface area (Å²) in [6, 6.07) is 16.4. The molecular weight excluding hydrogens is 960 g/mol. The Labute approximate surface area is 422 Å². The van der Waals surface area contributed by atoms with Gasteiger partial charge in [0.05, 0.1) is 23.0 Å². The Kier molecular flexibility index (Phi) is 17.2. The summed E-state index contributed by atoms with van der Waals surface area (Å²) >= 11 is 5.49. The predicted octanol–water partition coefficient (Wildman–Crippen LogP) is 8.66. The van der Waals surface area contributed by atoms with Crippen molar-refractivity contribution in [1.29, 1.82) is 0 Å². The van der Waals surface area contributed by atoms with Crippen molar-refractivity contribution in [2.75, 3.05) is 30.6 Å². The summed E-state index contributed by atoms with van der Waals surface area (Å²) in [5, 5.41) is 3.95. The lowest BCUT2D eigenvalue weighted by atomic mass is 9.91. The summed E-state index contributed by atoms with van der Waals surface area (Å²) in [6.45, 7) is 5.55. The molecule has 0 amide bonds. The third kappa shape index (κ3) is 14.3. The smallest absolute Gasteiger partial charge is 0.316 e. The maximum absolute atomic E-state index is 11.6. The fraction of sp³-hybridized carbons (Fsp3) is 0.462. The molecule has 16 nitrogen and oxygen atoms in total. The molecule has 0 spiro atoms. The number of rotatable bonds is 15. The van der Waals surface area contributed by atoms with Crippen molar-refractivity contribution in [3.05, 3.63) is 115 Å². The Morgan fingerprint density at radius 3 is 1.32 bits per heavy atom. The van der Waals surface area contributed by atoms with E-state index in [0.717, 1.165) is 72.3 Å². The summed E-state index contributed by atoms with van der Waals surface area (Å²) in [7, 11) is -6.40. The average Bonchev–Trinajstić information content (AvgIpc) is 3.86. The van der Waals surface area contributed by atoms with Gasteiger partial charge in [0.1, 0.15) is 0 Å². The van der Waals surface area contributed by atoms with Gasteiger partial charge in [-0.05, 0) is 134 Å². The summed E-state index contributed by atoms with van der Waals surface area (Å²) in [4.78, 5) is 37.4. The molecular formula is C52H63ClN10O6S2. The highest BCUT2D eigenvalue weighted by atomic mass is 35.5. The second kappa shape index (κ2) is 23.7. The molecule has 0 saturated carbocycles. The van der Waals surface area contributed by atoms with Crippen LogP contribution in [0.5, 0.6) is 12.0 Å². The minimum Gasteiger partial charge on any atom is -0.463 e. The van der Waals surface area contributed by atoms with Crippen molar-refractivity contribution in [3.8, 4) is 34.3 Å². The number of piperidine rings is 2. The van der Waals surface area contributed by atoms with E-state index >= 15 is 0 Å². The lowest BCUT2D eigenvalue weighted by molar-refractivity contribution is 0.180. The standard InChI is InChI=1S/C26H31N5O3S.C19H23N3O3S.C7H9ClN2/c1-3-4-18-13-27-25(28-14-18)31-22-7-8-23(31)12-19(11-22)17-34-26-29-15-21(16-30-26)20-5-9-24(10-6-20)35(2,32)33;1-26(23,24)18-6-2-14(3-7-18)15-10-20-19(21-11-15)25-12-13-8-16-4-5-17(9-13)22-16;1-2-3-6-4-9-7(8)10-5-6/h5-6,9-10,13-16,19,22-23H,3-4,7-8,11-12,17H2,1-2H3;2-3,6-7,10-11,13,16-17,22H,4-5,8-9,12H2,1H3;4-5H,2-3H2,1H3. The highest BCUT2D eigenvalue weighted by molar-refractivity contribution is 7.91. The van der Waals surface area contributed by atoms with Crippen LogP contribution in [0.15, 0.2) is 108 Å². The Bertz CT molecular complexity index is 2840. The van der Waals surface area contributed by atoms with Crippen LogP contribution in [0.4, 0.5) is 5.95 Å². The molecule has 0 radical (unpaired) electrons. The number of benzene rings is 2. The highest BCUT2D eigenvalue weighted by Gasteiger charge is 2.42. The maximum Gasteiger partial charge on any atom is 0.316 e. The number of anilines is 1. The van der Waals surface area contributed by atoms with Crippen molar-refractivity contribution < 1.29 is 26.3 Å². The zero-order valence-corrected chi connectivity index (χ0v) is 43.2. The first-order chi connectivity index (χ1) is 34.2. The van der Waals surface area contributed by atoms with Crippen molar-refractivity contribution in [3.63, 3.8) is 0 Å². The molecule has 4 unspecified atom stereocenters. The van der Waals surface area contributed by atoms with E-state index in [-0.39, 0.29) is 0 Å². The van der Waals surface area contributed by atoms with Crippen LogP contribution in [0, 0.1) is 11.8 Å². The van der Waals surface area contributed by atoms with Crippen LogP contribution in [0.1, 0.15) is 89.2 Å². The predicted molar refractivity (Wildman–Crippen MR) is 274 cm³/mol. The Morgan fingerprint density at radius 1 is 0.535 bits per heavy atom. The Balaban J connectivity index is 0.000000164. The van der Waals surface area contributed by atoms with E-state index in [2.05, 4.69) is 63.9 Å². The Hall–Kier alpha value is -5.69. The second-order valence-corrected chi connectivity index (χ2v) is 23.4. The first kappa shape index (κ1) is 51.7. The van der Waals surface area contributed by atoms with Gasteiger partial charge in [-0.1, -0.05) is 51.0 Å². The van der Waals surface area contributed by atoms with Crippen LogP contribution >= 0.6 is 11.6 Å². The van der Waals surface area contributed by atoms with Crippen LogP contribution in [-0.2, 0) is 32.5 Å². The van der Waals surface area contributed by atoms with Gasteiger partial charge in [-0.25, -0.2) is 56.7 Å². The van der Waals surface area contributed by atoms with Crippen LogP contribution in [-0.4, -0.2) is 107 Å². The summed E-state index contributed by atoms with van der Waals surface area (Å²) in [5.74, 6) is 1.88. The van der Waals surface area contributed by atoms with Gasteiger partial charge in [0.15, 0.2) is 19.7 Å². The Morgan fingerprint density at radius 2 is 0.930 bits per heavy atom. The summed E-state index contributed by atoms with van der Waals surface area (Å²) < 4.78 is 58.1. The third-order valence-electron chi connectivity index (χ3n) is 13.5. The van der Waals surface area contributed by atoms with Gasteiger partial charge in [-0.15, -0.1) is 0 Å². The lowest BCUT2D eigenvalue weighted by Gasteiger charge is -2.38. The third-order valence-corrected chi connectivity index (χ3v) is 15.9. The highest BCUT2D eigenvalue weighted by Crippen LogP contribution is 2.40. The molecule has 1 N–H and O–H groups in total. The van der Waals surface area contributed by atoms with Crippen molar-refractivity contribution in [2.24, 2.45) is 11.8 Å². The largest absolute Gasteiger partial charge is 0.463 e. The van der Waals surface area contributed by atoms with Gasteiger partial charge < -0.3 is 19.7 Å². The zero-order valence-electron chi connectivity index (χ0n) is 40.8. The van der Waals surface area contributed by atoms with Crippen molar-refractivity contribution >= 4 is 37.2 Å². The molecule has 2 aromatic carbocycles.